The van der Waals surface area contributed by atoms with Crippen molar-refractivity contribution in [2.75, 3.05) is 4.90 Å². The number of anilines is 1. The van der Waals surface area contributed by atoms with Gasteiger partial charge in [-0.2, -0.15) is 0 Å². The van der Waals surface area contributed by atoms with Crippen molar-refractivity contribution in [1.82, 2.24) is 0 Å². The molecule has 34 heavy (non-hydrogen) atoms. The molecule has 3 aromatic carbocycles. The SMILES string of the molecule is Cc1ccc(/C(O)=C2\C(=O)C(=O)N(c3ccc(C)c(C)c3)C2c2cccc(OC(C)C)c2)cc1. The molecule has 1 fully saturated rings. The molecule has 1 amide bonds. The number of Topliss-reactive ketones (excluding diaryl/α,β-unsaturated/α-hetero) is 1. The number of aryl methyl sites for hydroxylation is 3. The lowest BCUT2D eigenvalue weighted by Crippen LogP contribution is -2.29. The molecule has 0 spiro atoms. The lowest BCUT2D eigenvalue weighted by Gasteiger charge is -2.26. The van der Waals surface area contributed by atoms with Gasteiger partial charge in [0.15, 0.2) is 0 Å². The molecule has 4 rings (SSSR count). The number of nitrogens with zero attached hydrogens (tertiary/aromatic N) is 1. The summed E-state index contributed by atoms with van der Waals surface area (Å²) < 4.78 is 5.87. The summed E-state index contributed by atoms with van der Waals surface area (Å²) in [5, 5.41) is 11.3. The van der Waals surface area contributed by atoms with Crippen molar-refractivity contribution in [3.8, 4) is 5.75 Å². The van der Waals surface area contributed by atoms with Crippen LogP contribution in [-0.2, 0) is 9.59 Å². The van der Waals surface area contributed by atoms with Crippen LogP contribution >= 0.6 is 0 Å². The molecule has 5 heteroatoms. The van der Waals surface area contributed by atoms with Crippen LogP contribution in [0.15, 0.2) is 72.3 Å². The number of ether oxygens (including phenoxy) is 1. The van der Waals surface area contributed by atoms with Gasteiger partial charge in [-0.25, -0.2) is 0 Å². The summed E-state index contributed by atoms with van der Waals surface area (Å²) in [5.74, 6) is -0.938. The van der Waals surface area contributed by atoms with Gasteiger partial charge in [0.2, 0.25) is 0 Å². The highest BCUT2D eigenvalue weighted by molar-refractivity contribution is 6.51. The maximum Gasteiger partial charge on any atom is 0.300 e. The van der Waals surface area contributed by atoms with E-state index >= 15 is 0 Å². The lowest BCUT2D eigenvalue weighted by molar-refractivity contribution is -0.132. The Kier molecular flexibility index (Phi) is 6.29. The molecule has 0 aliphatic carbocycles. The highest BCUT2D eigenvalue weighted by atomic mass is 16.5. The predicted molar refractivity (Wildman–Crippen MR) is 134 cm³/mol. The molecular formula is C29H29NO4. The number of amides is 1. The van der Waals surface area contributed by atoms with Crippen molar-refractivity contribution in [3.05, 3.63) is 100 Å². The highest BCUT2D eigenvalue weighted by Crippen LogP contribution is 2.43. The second-order valence-electron chi connectivity index (χ2n) is 9.04. The van der Waals surface area contributed by atoms with E-state index in [1.54, 1.807) is 12.1 Å². The first-order valence-electron chi connectivity index (χ1n) is 11.4. The van der Waals surface area contributed by atoms with Gasteiger partial charge in [0.05, 0.1) is 17.7 Å². The van der Waals surface area contributed by atoms with Crippen LogP contribution in [0.4, 0.5) is 5.69 Å². The van der Waals surface area contributed by atoms with E-state index in [2.05, 4.69) is 0 Å². The van der Waals surface area contributed by atoms with Gasteiger partial charge in [0, 0.05) is 11.3 Å². The zero-order valence-corrected chi connectivity index (χ0v) is 20.1. The van der Waals surface area contributed by atoms with Crippen LogP contribution in [0.2, 0.25) is 0 Å². The van der Waals surface area contributed by atoms with Gasteiger partial charge < -0.3 is 9.84 Å². The third-order valence-corrected chi connectivity index (χ3v) is 6.08. The normalized spacial score (nSPS) is 17.5. The molecule has 0 radical (unpaired) electrons. The molecule has 1 N–H and O–H groups in total. The van der Waals surface area contributed by atoms with Gasteiger partial charge in [-0.15, -0.1) is 0 Å². The summed E-state index contributed by atoms with van der Waals surface area (Å²) in [7, 11) is 0. The first kappa shape index (κ1) is 23.3. The van der Waals surface area contributed by atoms with Gasteiger partial charge in [-0.3, -0.25) is 14.5 Å². The molecule has 1 saturated heterocycles. The predicted octanol–water partition coefficient (Wildman–Crippen LogP) is 6.03. The molecule has 5 nitrogen and oxygen atoms in total. The molecule has 0 saturated carbocycles. The van der Waals surface area contributed by atoms with Crippen LogP contribution in [0.5, 0.6) is 5.75 Å². The summed E-state index contributed by atoms with van der Waals surface area (Å²) in [6.07, 6.45) is -0.0334. The fraction of sp³-hybridized carbons (Fsp3) is 0.241. The van der Waals surface area contributed by atoms with Gasteiger partial charge in [0.1, 0.15) is 11.5 Å². The standard InChI is InChI=1S/C29H29NO4/c1-17(2)34-24-8-6-7-22(16-24)26-25(27(31)21-12-9-18(3)10-13-21)28(32)29(33)30(26)23-14-11-19(4)20(5)15-23/h6-17,26,31H,1-5H3/b27-25+. The molecule has 0 aromatic heterocycles. The van der Waals surface area contributed by atoms with Crippen LogP contribution in [0.1, 0.15) is 47.7 Å². The van der Waals surface area contributed by atoms with Crippen molar-refractivity contribution in [2.24, 2.45) is 0 Å². The maximum atomic E-state index is 13.3. The molecule has 1 unspecified atom stereocenters. The minimum absolute atomic E-state index is 0.0334. The first-order chi connectivity index (χ1) is 16.2. The van der Waals surface area contributed by atoms with Crippen molar-refractivity contribution in [2.45, 2.75) is 46.8 Å². The number of carbonyl (C=O) groups excluding carboxylic acids is 2. The summed E-state index contributed by atoms with van der Waals surface area (Å²) in [5.41, 5.74) is 4.97. The van der Waals surface area contributed by atoms with Crippen LogP contribution in [0, 0.1) is 20.8 Å². The van der Waals surface area contributed by atoms with E-state index in [-0.39, 0.29) is 17.4 Å². The van der Waals surface area contributed by atoms with Gasteiger partial charge in [0.25, 0.3) is 11.7 Å². The van der Waals surface area contributed by atoms with E-state index < -0.39 is 17.7 Å². The molecular weight excluding hydrogens is 426 g/mol. The fourth-order valence-corrected chi connectivity index (χ4v) is 4.19. The summed E-state index contributed by atoms with van der Waals surface area (Å²) in [6.45, 7) is 9.78. The number of hydrogen-bond donors (Lipinski definition) is 1. The fourth-order valence-electron chi connectivity index (χ4n) is 4.19. The van der Waals surface area contributed by atoms with Gasteiger partial charge >= 0.3 is 0 Å². The quantitative estimate of drug-likeness (QED) is 0.290. The zero-order chi connectivity index (χ0) is 24.6. The summed E-state index contributed by atoms with van der Waals surface area (Å²) in [6, 6.07) is 19.4. The Morgan fingerprint density at radius 2 is 1.62 bits per heavy atom. The van der Waals surface area contributed by atoms with E-state index in [9.17, 15) is 14.7 Å². The third-order valence-electron chi connectivity index (χ3n) is 6.08. The Hall–Kier alpha value is -3.86. The van der Waals surface area contributed by atoms with Crippen molar-refractivity contribution in [1.29, 1.82) is 0 Å². The number of hydrogen-bond acceptors (Lipinski definition) is 4. The minimum Gasteiger partial charge on any atom is -0.507 e. The van der Waals surface area contributed by atoms with E-state index in [0.29, 0.717) is 22.6 Å². The molecule has 1 atom stereocenters. The number of carbonyl (C=O) groups is 2. The van der Waals surface area contributed by atoms with E-state index in [4.69, 9.17) is 4.74 Å². The Morgan fingerprint density at radius 3 is 2.26 bits per heavy atom. The van der Waals surface area contributed by atoms with Crippen molar-refractivity contribution < 1.29 is 19.4 Å². The average Bonchev–Trinajstić information content (AvgIpc) is 3.06. The zero-order valence-electron chi connectivity index (χ0n) is 20.1. The Morgan fingerprint density at radius 1 is 0.912 bits per heavy atom. The van der Waals surface area contributed by atoms with Gasteiger partial charge in [-0.1, -0.05) is 48.0 Å². The Bertz CT molecular complexity index is 1290. The van der Waals surface area contributed by atoms with E-state index in [0.717, 1.165) is 16.7 Å². The number of rotatable bonds is 5. The van der Waals surface area contributed by atoms with E-state index in [1.165, 1.54) is 4.90 Å². The molecule has 1 heterocycles. The lowest BCUT2D eigenvalue weighted by atomic mass is 9.94. The number of benzene rings is 3. The maximum absolute atomic E-state index is 13.3. The average molecular weight is 456 g/mol. The molecule has 174 valence electrons. The monoisotopic (exact) mass is 455 g/mol. The largest absolute Gasteiger partial charge is 0.507 e. The van der Waals surface area contributed by atoms with Crippen LogP contribution < -0.4 is 9.64 Å². The number of ketones is 1. The molecule has 0 bridgehead atoms. The van der Waals surface area contributed by atoms with Crippen molar-refractivity contribution in [3.63, 3.8) is 0 Å². The first-order valence-corrected chi connectivity index (χ1v) is 11.4. The number of aliphatic hydroxyl groups is 1. The Labute approximate surface area is 200 Å². The van der Waals surface area contributed by atoms with Crippen LogP contribution in [0.3, 0.4) is 0 Å². The van der Waals surface area contributed by atoms with Gasteiger partial charge in [-0.05, 0) is 75.6 Å². The minimum atomic E-state index is -0.792. The van der Waals surface area contributed by atoms with Crippen molar-refractivity contribution >= 4 is 23.1 Å². The molecule has 1 aliphatic rings. The number of aliphatic hydroxyl groups excluding tert-OH is 1. The second kappa shape index (κ2) is 9.18. The second-order valence-corrected chi connectivity index (χ2v) is 9.04. The molecule has 1 aliphatic heterocycles. The van der Waals surface area contributed by atoms with E-state index in [1.807, 2.05) is 89.2 Å². The Balaban J connectivity index is 1.94. The summed E-state index contributed by atoms with van der Waals surface area (Å²) >= 11 is 0. The third kappa shape index (κ3) is 4.34. The highest BCUT2D eigenvalue weighted by Gasteiger charge is 2.47. The molecule has 3 aromatic rings. The summed E-state index contributed by atoms with van der Waals surface area (Å²) in [4.78, 5) is 28.2. The topological polar surface area (TPSA) is 66.8 Å². The van der Waals surface area contributed by atoms with Crippen LogP contribution in [0.25, 0.3) is 5.76 Å². The van der Waals surface area contributed by atoms with Crippen LogP contribution in [-0.4, -0.2) is 22.9 Å². The smallest absolute Gasteiger partial charge is 0.300 e.